The molecular formula is C19H24N4O. The van der Waals surface area contributed by atoms with Crippen molar-refractivity contribution in [1.82, 2.24) is 19.8 Å². The van der Waals surface area contributed by atoms with Crippen LogP contribution in [0.3, 0.4) is 0 Å². The first-order valence-corrected chi connectivity index (χ1v) is 8.86. The van der Waals surface area contributed by atoms with Gasteiger partial charge in [0.2, 0.25) is 0 Å². The summed E-state index contributed by atoms with van der Waals surface area (Å²) in [4.78, 5) is 19.4. The first-order chi connectivity index (χ1) is 11.7. The molecule has 0 radical (unpaired) electrons. The molecule has 1 aliphatic heterocycles. The summed E-state index contributed by atoms with van der Waals surface area (Å²) in [7, 11) is 0. The monoisotopic (exact) mass is 324 g/mol. The van der Waals surface area contributed by atoms with E-state index in [9.17, 15) is 4.79 Å². The number of nitrogens with zero attached hydrogens (tertiary/aromatic N) is 3. The van der Waals surface area contributed by atoms with Crippen LogP contribution in [0.5, 0.6) is 0 Å². The predicted octanol–water partition coefficient (Wildman–Crippen LogP) is 2.74. The molecule has 126 valence electrons. The fourth-order valence-electron chi connectivity index (χ4n) is 3.49. The fourth-order valence-corrected chi connectivity index (χ4v) is 3.49. The van der Waals surface area contributed by atoms with Gasteiger partial charge in [-0.1, -0.05) is 30.3 Å². The van der Waals surface area contributed by atoms with Crippen molar-refractivity contribution in [3.63, 3.8) is 0 Å². The van der Waals surface area contributed by atoms with E-state index in [1.807, 2.05) is 12.3 Å². The van der Waals surface area contributed by atoms with Gasteiger partial charge in [0, 0.05) is 31.9 Å². The van der Waals surface area contributed by atoms with Gasteiger partial charge in [0.15, 0.2) is 0 Å². The second-order valence-electron chi connectivity index (χ2n) is 6.91. The second kappa shape index (κ2) is 6.40. The maximum atomic E-state index is 12.3. The zero-order chi connectivity index (χ0) is 16.5. The molecule has 1 amide bonds. The third-order valence-electron chi connectivity index (χ3n) is 5.26. The lowest BCUT2D eigenvalue weighted by molar-refractivity contribution is 0.0912. The van der Waals surface area contributed by atoms with Crippen LogP contribution in [0.4, 0.5) is 0 Å². The Kier molecular flexibility index (Phi) is 4.10. The minimum atomic E-state index is -0.0246. The molecule has 4 rings (SSSR count). The van der Waals surface area contributed by atoms with Crippen molar-refractivity contribution < 1.29 is 4.79 Å². The molecule has 2 heterocycles. The van der Waals surface area contributed by atoms with Crippen LogP contribution in [-0.2, 0) is 13.1 Å². The fraction of sp³-hybridized carbons (Fsp3) is 0.474. The number of carbonyl (C=O) groups excluding carboxylic acids is 1. The average molecular weight is 324 g/mol. The lowest BCUT2D eigenvalue weighted by Crippen LogP contribution is -2.39. The third-order valence-corrected chi connectivity index (χ3v) is 5.26. The van der Waals surface area contributed by atoms with E-state index >= 15 is 0 Å². The number of aromatic nitrogens is 2. The van der Waals surface area contributed by atoms with Gasteiger partial charge in [-0.05, 0) is 31.7 Å². The smallest absolute Gasteiger partial charge is 0.271 e. The predicted molar refractivity (Wildman–Crippen MR) is 92.6 cm³/mol. The summed E-state index contributed by atoms with van der Waals surface area (Å²) >= 11 is 0. The number of carbonyl (C=O) groups is 1. The lowest BCUT2D eigenvalue weighted by Gasteiger charge is -2.33. The van der Waals surface area contributed by atoms with Gasteiger partial charge >= 0.3 is 0 Å². The van der Waals surface area contributed by atoms with Gasteiger partial charge in [0.1, 0.15) is 11.5 Å². The number of rotatable bonds is 4. The summed E-state index contributed by atoms with van der Waals surface area (Å²) in [5.41, 5.74) is 1.87. The van der Waals surface area contributed by atoms with Crippen LogP contribution in [0.15, 0.2) is 36.5 Å². The molecule has 1 saturated carbocycles. The van der Waals surface area contributed by atoms with Crippen LogP contribution < -0.4 is 5.32 Å². The standard InChI is InChI=1S/C19H24N4O/c1-14-18-21-17(19(24)20-16-8-5-9-16)13-23(18)11-10-22(14)12-15-6-3-2-4-7-15/h2-4,6-7,13-14,16H,5,8-12H2,1H3,(H,20,24)/t14-/m0/s1. The van der Waals surface area contributed by atoms with E-state index in [-0.39, 0.29) is 11.9 Å². The Morgan fingerprint density at radius 3 is 2.75 bits per heavy atom. The Morgan fingerprint density at radius 2 is 2.04 bits per heavy atom. The molecule has 1 atom stereocenters. The summed E-state index contributed by atoms with van der Waals surface area (Å²) in [5, 5.41) is 3.08. The molecule has 1 aromatic carbocycles. The molecule has 0 bridgehead atoms. The van der Waals surface area contributed by atoms with E-state index in [2.05, 4.69) is 51.0 Å². The molecule has 1 fully saturated rings. The molecule has 5 heteroatoms. The minimum Gasteiger partial charge on any atom is -0.348 e. The number of nitrogens with one attached hydrogen (secondary N) is 1. The van der Waals surface area contributed by atoms with Crippen molar-refractivity contribution in [2.75, 3.05) is 6.54 Å². The van der Waals surface area contributed by atoms with Gasteiger partial charge < -0.3 is 9.88 Å². The average Bonchev–Trinajstić information content (AvgIpc) is 3.00. The van der Waals surface area contributed by atoms with Crippen LogP contribution in [-0.4, -0.2) is 32.9 Å². The van der Waals surface area contributed by atoms with E-state index in [4.69, 9.17) is 0 Å². The van der Waals surface area contributed by atoms with Crippen LogP contribution in [0.1, 0.15) is 54.1 Å². The van der Waals surface area contributed by atoms with Gasteiger partial charge in [-0.25, -0.2) is 4.98 Å². The van der Waals surface area contributed by atoms with Gasteiger partial charge in [-0.3, -0.25) is 9.69 Å². The van der Waals surface area contributed by atoms with E-state index in [1.54, 1.807) is 0 Å². The molecule has 0 saturated heterocycles. The minimum absolute atomic E-state index is 0.0246. The van der Waals surface area contributed by atoms with Crippen LogP contribution in [0.2, 0.25) is 0 Å². The quantitative estimate of drug-likeness (QED) is 0.941. The molecule has 24 heavy (non-hydrogen) atoms. The first kappa shape index (κ1) is 15.4. The third kappa shape index (κ3) is 2.96. The second-order valence-corrected chi connectivity index (χ2v) is 6.91. The largest absolute Gasteiger partial charge is 0.348 e. The molecule has 1 aromatic heterocycles. The SMILES string of the molecule is C[C@H]1c2nc(C(=O)NC3CCC3)cn2CCN1Cc1ccccc1. The van der Waals surface area contributed by atoms with Crippen molar-refractivity contribution in [2.24, 2.45) is 0 Å². The Balaban J connectivity index is 1.48. The number of hydrogen-bond acceptors (Lipinski definition) is 3. The van der Waals surface area contributed by atoms with Crippen molar-refractivity contribution in [1.29, 1.82) is 0 Å². The maximum Gasteiger partial charge on any atom is 0.271 e. The topological polar surface area (TPSA) is 50.2 Å². The van der Waals surface area contributed by atoms with E-state index in [1.165, 1.54) is 12.0 Å². The van der Waals surface area contributed by atoms with Gasteiger partial charge in [-0.2, -0.15) is 0 Å². The lowest BCUT2D eigenvalue weighted by atomic mass is 9.93. The van der Waals surface area contributed by atoms with Crippen molar-refractivity contribution in [3.05, 3.63) is 53.6 Å². The molecule has 1 aliphatic carbocycles. The molecule has 0 unspecified atom stereocenters. The van der Waals surface area contributed by atoms with Crippen molar-refractivity contribution in [2.45, 2.75) is 51.4 Å². The van der Waals surface area contributed by atoms with E-state index in [0.717, 1.165) is 38.3 Å². The van der Waals surface area contributed by atoms with Crippen LogP contribution in [0, 0.1) is 0 Å². The van der Waals surface area contributed by atoms with Gasteiger partial charge in [0.25, 0.3) is 5.91 Å². The number of benzene rings is 1. The molecule has 5 nitrogen and oxygen atoms in total. The van der Waals surface area contributed by atoms with Gasteiger partial charge in [-0.15, -0.1) is 0 Å². The highest BCUT2D eigenvalue weighted by Gasteiger charge is 2.28. The summed E-state index contributed by atoms with van der Waals surface area (Å²) in [6.45, 7) is 4.95. The molecule has 2 aromatic rings. The Bertz CT molecular complexity index is 720. The molecule has 2 aliphatic rings. The molecule has 1 N–H and O–H groups in total. The van der Waals surface area contributed by atoms with Gasteiger partial charge in [0.05, 0.1) is 6.04 Å². The van der Waals surface area contributed by atoms with Crippen molar-refractivity contribution in [3.8, 4) is 0 Å². The Hall–Kier alpha value is -2.14. The number of hydrogen-bond donors (Lipinski definition) is 1. The zero-order valence-electron chi connectivity index (χ0n) is 14.1. The Labute approximate surface area is 142 Å². The normalized spacial score (nSPS) is 21.1. The molecular weight excluding hydrogens is 300 g/mol. The van der Waals surface area contributed by atoms with E-state index < -0.39 is 0 Å². The highest BCUT2D eigenvalue weighted by molar-refractivity contribution is 5.92. The van der Waals surface area contributed by atoms with Crippen LogP contribution in [0.25, 0.3) is 0 Å². The zero-order valence-corrected chi connectivity index (χ0v) is 14.1. The number of fused-ring (bicyclic) bond motifs is 1. The van der Waals surface area contributed by atoms with E-state index in [0.29, 0.717) is 11.7 Å². The summed E-state index contributed by atoms with van der Waals surface area (Å²) < 4.78 is 2.14. The summed E-state index contributed by atoms with van der Waals surface area (Å²) in [6, 6.07) is 11.1. The maximum absolute atomic E-state index is 12.3. The number of imidazole rings is 1. The number of amides is 1. The van der Waals surface area contributed by atoms with Crippen LogP contribution >= 0.6 is 0 Å². The summed E-state index contributed by atoms with van der Waals surface area (Å²) in [5.74, 6) is 0.972. The Morgan fingerprint density at radius 1 is 1.25 bits per heavy atom. The first-order valence-electron chi connectivity index (χ1n) is 8.86. The summed E-state index contributed by atoms with van der Waals surface area (Å²) in [6.07, 6.45) is 5.33. The highest BCUT2D eigenvalue weighted by Crippen LogP contribution is 2.26. The highest BCUT2D eigenvalue weighted by atomic mass is 16.2. The molecule has 0 spiro atoms. The van der Waals surface area contributed by atoms with Crippen molar-refractivity contribution >= 4 is 5.91 Å².